The van der Waals surface area contributed by atoms with Crippen molar-refractivity contribution in [1.82, 2.24) is 15.0 Å². The molecular formula is C16H15ClN4. The number of benzene rings is 2. The van der Waals surface area contributed by atoms with E-state index in [4.69, 9.17) is 17.3 Å². The van der Waals surface area contributed by atoms with Crippen LogP contribution >= 0.6 is 11.6 Å². The molecule has 1 aromatic heterocycles. The van der Waals surface area contributed by atoms with E-state index in [0.717, 1.165) is 22.6 Å². The van der Waals surface area contributed by atoms with E-state index in [-0.39, 0.29) is 0 Å². The Morgan fingerprint density at radius 2 is 1.90 bits per heavy atom. The third-order valence-electron chi connectivity index (χ3n) is 3.30. The van der Waals surface area contributed by atoms with E-state index in [0.29, 0.717) is 11.6 Å². The molecule has 0 fully saturated rings. The maximum Gasteiger partial charge on any atom is 0.105 e. The van der Waals surface area contributed by atoms with Crippen LogP contribution in [0.25, 0.3) is 16.9 Å². The molecule has 0 radical (unpaired) electrons. The SMILES string of the molecule is Cc1cccc(-n2nnc(CN)c2-c2ccc(Cl)cc2)c1. The smallest absolute Gasteiger partial charge is 0.105 e. The van der Waals surface area contributed by atoms with Crippen molar-refractivity contribution in [3.63, 3.8) is 0 Å². The third kappa shape index (κ3) is 2.68. The van der Waals surface area contributed by atoms with Gasteiger partial charge in [0.15, 0.2) is 0 Å². The summed E-state index contributed by atoms with van der Waals surface area (Å²) in [6, 6.07) is 15.7. The summed E-state index contributed by atoms with van der Waals surface area (Å²) in [5.74, 6) is 0. The van der Waals surface area contributed by atoms with Gasteiger partial charge in [0.1, 0.15) is 5.69 Å². The Labute approximate surface area is 128 Å². The van der Waals surface area contributed by atoms with Crippen molar-refractivity contribution in [3.8, 4) is 16.9 Å². The lowest BCUT2D eigenvalue weighted by Gasteiger charge is -2.08. The molecule has 0 atom stereocenters. The van der Waals surface area contributed by atoms with Crippen molar-refractivity contribution in [1.29, 1.82) is 0 Å². The van der Waals surface area contributed by atoms with Crippen LogP contribution in [0.4, 0.5) is 0 Å². The van der Waals surface area contributed by atoms with E-state index < -0.39 is 0 Å². The summed E-state index contributed by atoms with van der Waals surface area (Å²) >= 11 is 5.96. The average Bonchev–Trinajstić information content (AvgIpc) is 2.92. The molecule has 2 N–H and O–H groups in total. The number of halogens is 1. The van der Waals surface area contributed by atoms with E-state index in [1.807, 2.05) is 54.1 Å². The largest absolute Gasteiger partial charge is 0.325 e. The topological polar surface area (TPSA) is 56.7 Å². The molecule has 1 heterocycles. The van der Waals surface area contributed by atoms with Gasteiger partial charge < -0.3 is 5.73 Å². The Morgan fingerprint density at radius 3 is 2.57 bits per heavy atom. The quantitative estimate of drug-likeness (QED) is 0.806. The monoisotopic (exact) mass is 298 g/mol. The fourth-order valence-corrected chi connectivity index (χ4v) is 2.41. The minimum absolute atomic E-state index is 0.337. The van der Waals surface area contributed by atoms with Crippen LogP contribution in [-0.4, -0.2) is 15.0 Å². The number of aromatic nitrogens is 3. The van der Waals surface area contributed by atoms with Gasteiger partial charge in [0.2, 0.25) is 0 Å². The zero-order chi connectivity index (χ0) is 14.8. The number of rotatable bonds is 3. The summed E-state index contributed by atoms with van der Waals surface area (Å²) in [5.41, 5.74) is 10.6. The molecule has 0 aliphatic carbocycles. The number of hydrogen-bond donors (Lipinski definition) is 1. The maximum absolute atomic E-state index is 5.96. The Balaban J connectivity index is 2.19. The van der Waals surface area contributed by atoms with Crippen molar-refractivity contribution in [2.45, 2.75) is 13.5 Å². The first-order chi connectivity index (χ1) is 10.2. The second-order valence-electron chi connectivity index (χ2n) is 4.85. The lowest BCUT2D eigenvalue weighted by Crippen LogP contribution is -2.02. The molecule has 5 heteroatoms. The van der Waals surface area contributed by atoms with Gasteiger partial charge in [-0.25, -0.2) is 4.68 Å². The zero-order valence-corrected chi connectivity index (χ0v) is 12.4. The van der Waals surface area contributed by atoms with Crippen molar-refractivity contribution in [2.24, 2.45) is 5.73 Å². The molecule has 0 saturated heterocycles. The highest BCUT2D eigenvalue weighted by Gasteiger charge is 2.15. The Morgan fingerprint density at radius 1 is 1.14 bits per heavy atom. The van der Waals surface area contributed by atoms with Crippen LogP contribution < -0.4 is 5.73 Å². The highest BCUT2D eigenvalue weighted by Crippen LogP contribution is 2.26. The maximum atomic E-state index is 5.96. The van der Waals surface area contributed by atoms with E-state index in [2.05, 4.69) is 16.4 Å². The Bertz CT molecular complexity index is 762. The molecular weight excluding hydrogens is 284 g/mol. The van der Waals surface area contributed by atoms with Gasteiger partial charge in [-0.2, -0.15) is 0 Å². The van der Waals surface area contributed by atoms with E-state index in [1.54, 1.807) is 0 Å². The molecule has 3 aromatic rings. The van der Waals surface area contributed by atoms with Crippen LogP contribution in [0, 0.1) is 6.92 Å². The van der Waals surface area contributed by atoms with Crippen LogP contribution in [0.2, 0.25) is 5.02 Å². The molecule has 0 spiro atoms. The lowest BCUT2D eigenvalue weighted by molar-refractivity contribution is 0.799. The van der Waals surface area contributed by atoms with Crippen LogP contribution in [0.1, 0.15) is 11.3 Å². The first-order valence-electron chi connectivity index (χ1n) is 6.66. The van der Waals surface area contributed by atoms with Gasteiger partial charge in [-0.3, -0.25) is 0 Å². The van der Waals surface area contributed by atoms with Gasteiger partial charge in [0, 0.05) is 17.1 Å². The highest BCUT2D eigenvalue weighted by molar-refractivity contribution is 6.30. The number of hydrogen-bond acceptors (Lipinski definition) is 3. The van der Waals surface area contributed by atoms with Crippen molar-refractivity contribution in [3.05, 3.63) is 64.8 Å². The predicted molar refractivity (Wildman–Crippen MR) is 84.4 cm³/mol. The van der Waals surface area contributed by atoms with Crippen molar-refractivity contribution < 1.29 is 0 Å². The third-order valence-corrected chi connectivity index (χ3v) is 3.55. The summed E-state index contributed by atoms with van der Waals surface area (Å²) in [5, 5.41) is 9.14. The van der Waals surface area contributed by atoms with Gasteiger partial charge in [0.25, 0.3) is 0 Å². The molecule has 21 heavy (non-hydrogen) atoms. The number of aryl methyl sites for hydroxylation is 1. The number of nitrogens with two attached hydrogens (primary N) is 1. The molecule has 3 rings (SSSR count). The second-order valence-corrected chi connectivity index (χ2v) is 5.28. The van der Waals surface area contributed by atoms with Gasteiger partial charge >= 0.3 is 0 Å². The minimum atomic E-state index is 0.337. The summed E-state index contributed by atoms with van der Waals surface area (Å²) in [6.07, 6.45) is 0. The van der Waals surface area contributed by atoms with Crippen LogP contribution in [0.5, 0.6) is 0 Å². The molecule has 2 aromatic carbocycles. The molecule has 0 amide bonds. The molecule has 0 bridgehead atoms. The molecule has 4 nitrogen and oxygen atoms in total. The fourth-order valence-electron chi connectivity index (χ4n) is 2.29. The summed E-state index contributed by atoms with van der Waals surface area (Å²) in [6.45, 7) is 2.38. The summed E-state index contributed by atoms with van der Waals surface area (Å²) in [4.78, 5) is 0. The van der Waals surface area contributed by atoms with Gasteiger partial charge in [-0.15, -0.1) is 5.10 Å². The predicted octanol–water partition coefficient (Wildman–Crippen LogP) is 3.35. The molecule has 0 unspecified atom stereocenters. The van der Waals surface area contributed by atoms with Crippen LogP contribution in [0.3, 0.4) is 0 Å². The van der Waals surface area contributed by atoms with E-state index in [9.17, 15) is 0 Å². The van der Waals surface area contributed by atoms with Gasteiger partial charge in [-0.05, 0) is 36.8 Å². The standard InChI is InChI=1S/C16H15ClN4/c1-11-3-2-4-14(9-11)21-16(15(10-18)19-20-21)12-5-7-13(17)8-6-12/h2-9H,10,18H2,1H3. The second kappa shape index (κ2) is 5.68. The zero-order valence-electron chi connectivity index (χ0n) is 11.6. The molecule has 0 saturated carbocycles. The Kier molecular flexibility index (Phi) is 3.73. The first kappa shape index (κ1) is 13.8. The van der Waals surface area contributed by atoms with Crippen LogP contribution in [0.15, 0.2) is 48.5 Å². The normalized spacial score (nSPS) is 10.8. The summed E-state index contributed by atoms with van der Waals surface area (Å²) in [7, 11) is 0. The van der Waals surface area contributed by atoms with Gasteiger partial charge in [0.05, 0.1) is 11.4 Å². The van der Waals surface area contributed by atoms with E-state index >= 15 is 0 Å². The van der Waals surface area contributed by atoms with Crippen molar-refractivity contribution in [2.75, 3.05) is 0 Å². The fraction of sp³-hybridized carbons (Fsp3) is 0.125. The number of nitrogens with zero attached hydrogens (tertiary/aromatic N) is 3. The van der Waals surface area contributed by atoms with Gasteiger partial charge in [-0.1, -0.05) is 41.1 Å². The lowest BCUT2D eigenvalue weighted by atomic mass is 10.1. The van der Waals surface area contributed by atoms with Crippen LogP contribution in [-0.2, 0) is 6.54 Å². The van der Waals surface area contributed by atoms with Crippen molar-refractivity contribution >= 4 is 11.6 Å². The summed E-state index contributed by atoms with van der Waals surface area (Å²) < 4.78 is 1.82. The Hall–Kier alpha value is -2.17. The molecule has 106 valence electrons. The molecule has 0 aliphatic heterocycles. The highest BCUT2D eigenvalue weighted by atomic mass is 35.5. The van der Waals surface area contributed by atoms with E-state index in [1.165, 1.54) is 5.56 Å². The average molecular weight is 299 g/mol. The minimum Gasteiger partial charge on any atom is -0.325 e. The first-order valence-corrected chi connectivity index (χ1v) is 7.04. The molecule has 0 aliphatic rings.